The summed E-state index contributed by atoms with van der Waals surface area (Å²) in [4.78, 5) is -0.526. The van der Waals surface area contributed by atoms with Crippen LogP contribution in [-0.4, -0.2) is 25.6 Å². The van der Waals surface area contributed by atoms with Crippen molar-refractivity contribution in [1.82, 2.24) is 4.72 Å². The van der Waals surface area contributed by atoms with Crippen LogP contribution >= 0.6 is 11.6 Å². The zero-order valence-corrected chi connectivity index (χ0v) is 12.8. The van der Waals surface area contributed by atoms with Crippen LogP contribution in [-0.2, 0) is 16.6 Å². The summed E-state index contributed by atoms with van der Waals surface area (Å²) in [5, 5.41) is 18.1. The van der Waals surface area contributed by atoms with Crippen LogP contribution in [0.1, 0.15) is 5.56 Å². The Morgan fingerprint density at radius 1 is 1.14 bits per heavy atom. The Hall–Kier alpha value is -1.45. The highest BCUT2D eigenvalue weighted by Gasteiger charge is 2.19. The number of hydrogen-bond donors (Lipinski definition) is 3. The Morgan fingerprint density at radius 2 is 1.77 bits per heavy atom. The van der Waals surface area contributed by atoms with Crippen molar-refractivity contribution in [2.75, 3.05) is 0 Å². The summed E-state index contributed by atoms with van der Waals surface area (Å²) in [7, 11) is -5.64. The van der Waals surface area contributed by atoms with E-state index in [1.54, 1.807) is 0 Å². The van der Waals surface area contributed by atoms with E-state index < -0.39 is 27.9 Å². The minimum Gasteiger partial charge on any atom is -0.423 e. The Labute approximate surface area is 132 Å². The molecule has 2 aromatic rings. The lowest BCUT2D eigenvalue weighted by molar-refractivity contribution is 0.425. The SMILES string of the molecule is O=S(=O)(NCc1ccc(B(O)O)cc1)c1cc(Cl)ccc1F. The number of halogens is 2. The fraction of sp³-hybridized carbons (Fsp3) is 0.0769. The number of hydrogen-bond acceptors (Lipinski definition) is 4. The first-order valence-corrected chi connectivity index (χ1v) is 8.05. The van der Waals surface area contributed by atoms with E-state index in [1.165, 1.54) is 30.3 Å². The van der Waals surface area contributed by atoms with Gasteiger partial charge in [0.25, 0.3) is 0 Å². The Balaban J connectivity index is 2.14. The summed E-state index contributed by atoms with van der Waals surface area (Å²) in [6.45, 7) is -0.0733. The monoisotopic (exact) mass is 343 g/mol. The van der Waals surface area contributed by atoms with E-state index in [0.717, 1.165) is 12.1 Å². The average Bonchev–Trinajstić information content (AvgIpc) is 2.48. The minimum absolute atomic E-state index is 0.0733. The molecule has 0 radical (unpaired) electrons. The standard InChI is InChI=1S/C13H12BClFNO4S/c15-11-5-6-12(16)13(7-11)22(20,21)17-8-9-1-3-10(4-2-9)14(18)19/h1-7,17-19H,8H2. The van der Waals surface area contributed by atoms with Crippen molar-refractivity contribution in [1.29, 1.82) is 0 Å². The summed E-state index contributed by atoms with van der Waals surface area (Å²) in [5.74, 6) is -0.893. The molecular formula is C13H12BClFNO4S. The molecule has 2 rings (SSSR count). The number of benzene rings is 2. The van der Waals surface area contributed by atoms with E-state index in [4.69, 9.17) is 21.6 Å². The molecular weight excluding hydrogens is 331 g/mol. The molecule has 0 bridgehead atoms. The van der Waals surface area contributed by atoms with E-state index in [1.807, 2.05) is 0 Å². The third-order valence-electron chi connectivity index (χ3n) is 2.93. The zero-order chi connectivity index (χ0) is 16.3. The Morgan fingerprint density at radius 3 is 2.36 bits per heavy atom. The van der Waals surface area contributed by atoms with Crippen LogP contribution in [0, 0.1) is 5.82 Å². The molecule has 0 unspecified atom stereocenters. The van der Waals surface area contributed by atoms with Crippen molar-refractivity contribution in [2.45, 2.75) is 11.4 Å². The van der Waals surface area contributed by atoms with E-state index in [2.05, 4.69) is 4.72 Å². The smallest absolute Gasteiger partial charge is 0.423 e. The molecule has 0 aliphatic heterocycles. The number of sulfonamides is 1. The van der Waals surface area contributed by atoms with E-state index in [9.17, 15) is 12.8 Å². The molecule has 0 aromatic heterocycles. The highest BCUT2D eigenvalue weighted by atomic mass is 35.5. The van der Waals surface area contributed by atoms with Gasteiger partial charge in [-0.15, -0.1) is 0 Å². The molecule has 3 N–H and O–H groups in total. The van der Waals surface area contributed by atoms with Crippen LogP contribution in [0.15, 0.2) is 47.4 Å². The van der Waals surface area contributed by atoms with Crippen molar-refractivity contribution >= 4 is 34.2 Å². The predicted octanol–water partition coefficient (Wildman–Crippen LogP) is 0.637. The van der Waals surface area contributed by atoms with Crippen LogP contribution in [0.25, 0.3) is 0 Å². The van der Waals surface area contributed by atoms with Crippen molar-refractivity contribution in [3.63, 3.8) is 0 Å². The van der Waals surface area contributed by atoms with Crippen molar-refractivity contribution in [3.8, 4) is 0 Å². The van der Waals surface area contributed by atoms with Gasteiger partial charge in [0, 0.05) is 11.6 Å². The van der Waals surface area contributed by atoms with Crippen molar-refractivity contribution < 1.29 is 22.9 Å². The van der Waals surface area contributed by atoms with Gasteiger partial charge in [0.15, 0.2) is 0 Å². The summed E-state index contributed by atoms with van der Waals surface area (Å²) in [6.07, 6.45) is 0. The van der Waals surface area contributed by atoms with E-state index in [0.29, 0.717) is 5.56 Å². The molecule has 0 aliphatic carbocycles. The molecule has 0 saturated carbocycles. The second-order valence-electron chi connectivity index (χ2n) is 4.51. The molecule has 116 valence electrons. The van der Waals surface area contributed by atoms with Gasteiger partial charge in [-0.3, -0.25) is 0 Å². The fourth-order valence-corrected chi connectivity index (χ4v) is 3.10. The van der Waals surface area contributed by atoms with Gasteiger partial charge in [-0.2, -0.15) is 0 Å². The highest BCUT2D eigenvalue weighted by Crippen LogP contribution is 2.19. The molecule has 0 aliphatic rings. The summed E-state index contributed by atoms with van der Waals surface area (Å²) < 4.78 is 40.0. The van der Waals surface area contributed by atoms with E-state index in [-0.39, 0.29) is 17.0 Å². The number of nitrogens with one attached hydrogen (secondary N) is 1. The highest BCUT2D eigenvalue weighted by molar-refractivity contribution is 7.89. The maximum absolute atomic E-state index is 13.6. The minimum atomic E-state index is -4.05. The topological polar surface area (TPSA) is 86.6 Å². The third kappa shape index (κ3) is 4.05. The predicted molar refractivity (Wildman–Crippen MR) is 81.7 cm³/mol. The largest absolute Gasteiger partial charge is 0.488 e. The molecule has 0 fully saturated rings. The second-order valence-corrected chi connectivity index (χ2v) is 6.69. The van der Waals surface area contributed by atoms with Gasteiger partial charge in [0.1, 0.15) is 10.7 Å². The van der Waals surface area contributed by atoms with Gasteiger partial charge in [-0.1, -0.05) is 35.9 Å². The normalized spacial score (nSPS) is 11.5. The summed E-state index contributed by atoms with van der Waals surface area (Å²) in [6, 6.07) is 9.24. The van der Waals surface area contributed by atoms with Gasteiger partial charge < -0.3 is 10.0 Å². The number of rotatable bonds is 5. The lowest BCUT2D eigenvalue weighted by Gasteiger charge is -2.09. The molecule has 22 heavy (non-hydrogen) atoms. The third-order valence-corrected chi connectivity index (χ3v) is 4.58. The molecule has 0 spiro atoms. The van der Waals surface area contributed by atoms with Crippen LogP contribution in [0.4, 0.5) is 4.39 Å². The quantitative estimate of drug-likeness (QED) is 0.695. The molecule has 0 saturated heterocycles. The van der Waals surface area contributed by atoms with Crippen LogP contribution in [0.2, 0.25) is 5.02 Å². The van der Waals surface area contributed by atoms with Gasteiger partial charge >= 0.3 is 7.12 Å². The molecule has 0 atom stereocenters. The van der Waals surface area contributed by atoms with Crippen molar-refractivity contribution in [3.05, 3.63) is 58.9 Å². The first kappa shape index (κ1) is 16.9. The fourth-order valence-electron chi connectivity index (χ4n) is 1.75. The van der Waals surface area contributed by atoms with Gasteiger partial charge in [-0.25, -0.2) is 17.5 Å². The molecule has 9 heteroatoms. The van der Waals surface area contributed by atoms with Crippen LogP contribution in [0.3, 0.4) is 0 Å². The molecule has 5 nitrogen and oxygen atoms in total. The maximum atomic E-state index is 13.6. The first-order chi connectivity index (χ1) is 10.3. The van der Waals surface area contributed by atoms with Gasteiger partial charge in [0.2, 0.25) is 10.0 Å². The molecule has 0 amide bonds. The molecule has 0 heterocycles. The van der Waals surface area contributed by atoms with Crippen LogP contribution in [0.5, 0.6) is 0 Å². The Bertz CT molecular complexity index is 768. The Kier molecular flexibility index (Phi) is 5.20. The first-order valence-electron chi connectivity index (χ1n) is 6.19. The van der Waals surface area contributed by atoms with Crippen LogP contribution < -0.4 is 10.2 Å². The maximum Gasteiger partial charge on any atom is 0.488 e. The second kappa shape index (κ2) is 6.76. The summed E-state index contributed by atoms with van der Waals surface area (Å²) in [5.41, 5.74) is 0.864. The molecule has 2 aromatic carbocycles. The summed E-state index contributed by atoms with van der Waals surface area (Å²) >= 11 is 5.68. The van der Waals surface area contributed by atoms with Gasteiger partial charge in [-0.05, 0) is 29.2 Å². The zero-order valence-electron chi connectivity index (χ0n) is 11.2. The lowest BCUT2D eigenvalue weighted by Crippen LogP contribution is -2.30. The van der Waals surface area contributed by atoms with Gasteiger partial charge in [0.05, 0.1) is 0 Å². The average molecular weight is 344 g/mol. The van der Waals surface area contributed by atoms with E-state index >= 15 is 0 Å². The lowest BCUT2D eigenvalue weighted by atomic mass is 9.80. The van der Waals surface area contributed by atoms with Crippen molar-refractivity contribution in [2.24, 2.45) is 0 Å².